The molecule has 238 valence electrons. The van der Waals surface area contributed by atoms with E-state index in [9.17, 15) is 19.5 Å². The first-order valence-corrected chi connectivity index (χ1v) is 15.7. The molecule has 0 saturated heterocycles. The molecule has 45 heavy (non-hydrogen) atoms. The average Bonchev–Trinajstić information content (AvgIpc) is 2.99. The second kappa shape index (κ2) is 11.3. The molecule has 3 aromatic rings. The third-order valence-corrected chi connectivity index (χ3v) is 11.3. The lowest BCUT2D eigenvalue weighted by atomic mass is 9.41. The lowest BCUT2D eigenvalue weighted by Gasteiger charge is -2.66. The molecule has 3 unspecified atom stereocenters. The van der Waals surface area contributed by atoms with Gasteiger partial charge in [0.25, 0.3) is 0 Å². The zero-order chi connectivity index (χ0) is 32.3. The lowest BCUT2D eigenvalue weighted by molar-refractivity contribution is -0.257. The van der Waals surface area contributed by atoms with Crippen molar-refractivity contribution in [2.75, 3.05) is 6.61 Å². The molecule has 9 nitrogen and oxygen atoms in total. The van der Waals surface area contributed by atoms with Crippen LogP contribution in [0.4, 0.5) is 0 Å². The van der Waals surface area contributed by atoms with Crippen LogP contribution in [0.3, 0.4) is 0 Å². The number of hydrogen-bond donors (Lipinski definition) is 1. The van der Waals surface area contributed by atoms with Crippen LogP contribution in [-0.4, -0.2) is 40.3 Å². The SMILES string of the molecule is CC(=O)OCC1(C)C2C[C@H](OC(=O)c3ccccc3Cl)[C@@]3(C)Oc4cc(-c5cccnc5)oc(=O)c4[C@H](O)C3[C@@]2(C)CC[C@@H]1C. The molecule has 0 amide bonds. The summed E-state index contributed by atoms with van der Waals surface area (Å²) in [6.07, 6.45) is 2.93. The smallest absolute Gasteiger partial charge is 0.345 e. The number of carbonyl (C=O) groups is 2. The van der Waals surface area contributed by atoms with E-state index in [-0.39, 0.29) is 52.1 Å². The Morgan fingerprint density at radius 3 is 2.60 bits per heavy atom. The van der Waals surface area contributed by atoms with Gasteiger partial charge < -0.3 is 23.7 Å². The molecule has 0 spiro atoms. The van der Waals surface area contributed by atoms with Gasteiger partial charge in [0.1, 0.15) is 28.8 Å². The largest absolute Gasteiger partial charge is 0.482 e. The number of aromatic nitrogens is 1. The molecular formula is C35H38ClNO8. The second-order valence-electron chi connectivity index (χ2n) is 13.5. The molecule has 8 atom stereocenters. The monoisotopic (exact) mass is 635 g/mol. The first-order valence-electron chi connectivity index (χ1n) is 15.3. The van der Waals surface area contributed by atoms with Crippen molar-refractivity contribution in [1.82, 2.24) is 4.98 Å². The summed E-state index contributed by atoms with van der Waals surface area (Å²) in [6.45, 7) is 9.74. The molecule has 2 fully saturated rings. The minimum atomic E-state index is -1.29. The van der Waals surface area contributed by atoms with Crippen LogP contribution in [0.5, 0.6) is 5.75 Å². The van der Waals surface area contributed by atoms with Crippen molar-refractivity contribution in [2.24, 2.45) is 28.6 Å². The first kappa shape index (κ1) is 31.3. The van der Waals surface area contributed by atoms with Crippen molar-refractivity contribution in [3.8, 4) is 17.1 Å². The summed E-state index contributed by atoms with van der Waals surface area (Å²) in [4.78, 5) is 43.4. The Kier molecular flexibility index (Phi) is 7.85. The van der Waals surface area contributed by atoms with Gasteiger partial charge in [-0.05, 0) is 67.7 Å². The zero-order valence-corrected chi connectivity index (χ0v) is 26.8. The summed E-state index contributed by atoms with van der Waals surface area (Å²) in [7, 11) is 0. The van der Waals surface area contributed by atoms with E-state index in [1.165, 1.54) is 6.92 Å². The maximum absolute atomic E-state index is 13.7. The van der Waals surface area contributed by atoms with Gasteiger partial charge in [-0.1, -0.05) is 44.5 Å². The van der Waals surface area contributed by atoms with Crippen LogP contribution in [0, 0.1) is 28.6 Å². The maximum Gasteiger partial charge on any atom is 0.345 e. The Labute approximate surface area is 266 Å². The normalized spacial score (nSPS) is 33.5. The van der Waals surface area contributed by atoms with Crippen molar-refractivity contribution in [3.05, 3.63) is 81.4 Å². The van der Waals surface area contributed by atoms with Crippen LogP contribution >= 0.6 is 11.6 Å². The van der Waals surface area contributed by atoms with Gasteiger partial charge in [0, 0.05) is 42.3 Å². The van der Waals surface area contributed by atoms with Gasteiger partial charge >= 0.3 is 17.6 Å². The van der Waals surface area contributed by atoms with Gasteiger partial charge in [0.15, 0.2) is 0 Å². The first-order chi connectivity index (χ1) is 21.3. The van der Waals surface area contributed by atoms with E-state index in [1.54, 1.807) is 54.9 Å². The number of pyridine rings is 1. The Morgan fingerprint density at radius 1 is 1.16 bits per heavy atom. The predicted molar refractivity (Wildman–Crippen MR) is 166 cm³/mol. The van der Waals surface area contributed by atoms with Crippen molar-refractivity contribution in [1.29, 1.82) is 0 Å². The van der Waals surface area contributed by atoms with Gasteiger partial charge in [-0.2, -0.15) is 0 Å². The molecule has 6 rings (SSSR count). The number of aliphatic hydroxyl groups excluding tert-OH is 1. The molecular weight excluding hydrogens is 598 g/mol. The number of aliphatic hydroxyl groups is 1. The van der Waals surface area contributed by atoms with Crippen LogP contribution in [0.1, 0.15) is 75.9 Å². The second-order valence-corrected chi connectivity index (χ2v) is 13.9. The fourth-order valence-electron chi connectivity index (χ4n) is 8.52. The molecule has 2 aliphatic carbocycles. The predicted octanol–water partition coefficient (Wildman–Crippen LogP) is 6.41. The van der Waals surface area contributed by atoms with Crippen LogP contribution in [-0.2, 0) is 14.3 Å². The summed E-state index contributed by atoms with van der Waals surface area (Å²) in [6, 6.07) is 11.7. The topological polar surface area (TPSA) is 125 Å². The maximum atomic E-state index is 13.7. The Hall–Kier alpha value is -3.69. The highest BCUT2D eigenvalue weighted by atomic mass is 35.5. The Bertz CT molecular complexity index is 1690. The van der Waals surface area contributed by atoms with Gasteiger partial charge in [-0.3, -0.25) is 9.78 Å². The Balaban J connectivity index is 1.50. The molecule has 0 bridgehead atoms. The fraction of sp³-hybridized carbons (Fsp3) is 0.486. The van der Waals surface area contributed by atoms with E-state index in [2.05, 4.69) is 25.8 Å². The van der Waals surface area contributed by atoms with E-state index in [4.69, 9.17) is 30.2 Å². The average molecular weight is 636 g/mol. The van der Waals surface area contributed by atoms with E-state index in [0.29, 0.717) is 12.0 Å². The van der Waals surface area contributed by atoms with E-state index >= 15 is 0 Å². The number of rotatable bonds is 5. The van der Waals surface area contributed by atoms with Gasteiger partial charge in [0.05, 0.1) is 23.3 Å². The van der Waals surface area contributed by atoms with Crippen molar-refractivity contribution >= 4 is 23.5 Å². The zero-order valence-electron chi connectivity index (χ0n) is 26.0. The number of ether oxygens (including phenoxy) is 3. The summed E-state index contributed by atoms with van der Waals surface area (Å²) in [5.41, 5.74) is -2.27. The number of hydrogen-bond acceptors (Lipinski definition) is 9. The summed E-state index contributed by atoms with van der Waals surface area (Å²) < 4.78 is 24.4. The fourth-order valence-corrected chi connectivity index (χ4v) is 8.73. The van der Waals surface area contributed by atoms with E-state index in [1.807, 2.05) is 6.92 Å². The molecule has 0 radical (unpaired) electrons. The number of nitrogens with zero attached hydrogens (tertiary/aromatic N) is 1. The quantitative estimate of drug-likeness (QED) is 0.317. The number of halogens is 1. The molecule has 10 heteroatoms. The molecule has 3 aliphatic rings. The summed E-state index contributed by atoms with van der Waals surface area (Å²) >= 11 is 6.39. The minimum Gasteiger partial charge on any atom is -0.482 e. The number of carbonyl (C=O) groups excluding carboxylic acids is 2. The molecule has 2 saturated carbocycles. The highest BCUT2D eigenvalue weighted by Gasteiger charge is 2.70. The lowest BCUT2D eigenvalue weighted by Crippen LogP contribution is -2.70. The van der Waals surface area contributed by atoms with Gasteiger partial charge in [-0.25, -0.2) is 9.59 Å². The van der Waals surface area contributed by atoms with Crippen LogP contribution in [0.15, 0.2) is 64.1 Å². The van der Waals surface area contributed by atoms with Crippen molar-refractivity contribution in [3.63, 3.8) is 0 Å². The summed E-state index contributed by atoms with van der Waals surface area (Å²) in [5, 5.41) is 12.5. The highest BCUT2D eigenvalue weighted by Crippen LogP contribution is 2.68. The number of benzene rings is 1. The van der Waals surface area contributed by atoms with Crippen LogP contribution < -0.4 is 10.4 Å². The summed E-state index contributed by atoms with van der Waals surface area (Å²) in [5.74, 6) is -1.30. The van der Waals surface area contributed by atoms with Gasteiger partial charge in [-0.15, -0.1) is 0 Å². The van der Waals surface area contributed by atoms with Crippen molar-refractivity contribution in [2.45, 2.75) is 71.7 Å². The molecule has 1 N–H and O–H groups in total. The van der Waals surface area contributed by atoms with E-state index in [0.717, 1.165) is 12.8 Å². The third kappa shape index (κ3) is 5.04. The Morgan fingerprint density at radius 2 is 1.91 bits per heavy atom. The number of fused-ring (bicyclic) bond motifs is 4. The standard InChI is InChI=1S/C35H38ClNO8/c1-19-12-13-33(3)26(34(19,4)18-42-20(2)38)16-27(44-31(40)22-10-6-7-11-23(22)36)35(5)30(33)29(39)28-25(45-35)15-24(43-32(28)41)21-9-8-14-37-17-21/h6-11,14-15,17,19,26-27,29-30,39H,12-13,16,18H2,1-5H3/t19-,26?,27-,29-,30?,33-,34?,35+/m0/s1. The third-order valence-electron chi connectivity index (χ3n) is 11.0. The number of esters is 2. The highest BCUT2D eigenvalue weighted by molar-refractivity contribution is 6.33. The van der Waals surface area contributed by atoms with Crippen LogP contribution in [0.2, 0.25) is 5.02 Å². The molecule has 1 aliphatic heterocycles. The molecule has 3 heterocycles. The minimum absolute atomic E-state index is 0.0310. The van der Waals surface area contributed by atoms with Gasteiger partial charge in [0.2, 0.25) is 0 Å². The molecule has 1 aromatic carbocycles. The van der Waals surface area contributed by atoms with Crippen LogP contribution in [0.25, 0.3) is 11.3 Å². The van der Waals surface area contributed by atoms with Crippen molar-refractivity contribution < 1.29 is 33.3 Å². The van der Waals surface area contributed by atoms with E-state index < -0.39 is 46.2 Å². The molecule has 2 aromatic heterocycles.